The summed E-state index contributed by atoms with van der Waals surface area (Å²) in [6, 6.07) is 9.74. The van der Waals surface area contributed by atoms with Gasteiger partial charge in [0.1, 0.15) is 23.2 Å². The summed E-state index contributed by atoms with van der Waals surface area (Å²) in [5, 5.41) is 14.3. The molecule has 2 N–H and O–H groups in total. The summed E-state index contributed by atoms with van der Waals surface area (Å²) < 4.78 is 7.43. The number of nitrogen functional groups attached to an aromatic ring is 1. The van der Waals surface area contributed by atoms with E-state index in [1.165, 1.54) is 16.4 Å². The second kappa shape index (κ2) is 7.68. The van der Waals surface area contributed by atoms with Crippen molar-refractivity contribution < 1.29 is 4.74 Å². The molecule has 0 aliphatic rings. The van der Waals surface area contributed by atoms with Crippen LogP contribution in [0.15, 0.2) is 29.4 Å². The average molecular weight is 380 g/mol. The predicted octanol–water partition coefficient (Wildman–Crippen LogP) is 3.81. The third kappa shape index (κ3) is 3.88. The molecule has 7 nitrogen and oxygen atoms in total. The molecule has 2 heterocycles. The third-order valence-electron chi connectivity index (χ3n) is 3.93. The van der Waals surface area contributed by atoms with Crippen LogP contribution >= 0.6 is 11.8 Å². The zero-order valence-corrected chi connectivity index (χ0v) is 16.5. The average Bonchev–Trinajstić information content (AvgIpc) is 2.96. The lowest BCUT2D eigenvalue weighted by molar-refractivity contribution is 0.454. The molecule has 0 atom stereocenters. The summed E-state index contributed by atoms with van der Waals surface area (Å²) in [4.78, 5) is 8.88. The number of ether oxygens (including phenoxy) is 1. The van der Waals surface area contributed by atoms with Gasteiger partial charge in [0.05, 0.1) is 5.69 Å². The minimum atomic E-state index is 0.262. The summed E-state index contributed by atoms with van der Waals surface area (Å²) in [5.74, 6) is 1.81. The molecule has 0 unspecified atom stereocenters. The van der Waals surface area contributed by atoms with Gasteiger partial charge in [-0.05, 0) is 49.8 Å². The number of hydrogen-bond acceptors (Lipinski definition) is 7. The number of thioether (sulfide) groups is 1. The van der Waals surface area contributed by atoms with Crippen LogP contribution in [0.1, 0.15) is 29.3 Å². The van der Waals surface area contributed by atoms with Gasteiger partial charge in [-0.3, -0.25) is 0 Å². The molecule has 0 bridgehead atoms. The fourth-order valence-electron chi connectivity index (χ4n) is 2.78. The van der Waals surface area contributed by atoms with Gasteiger partial charge in [-0.2, -0.15) is 20.0 Å². The number of nitrogens with two attached hydrogens (primary N) is 1. The van der Waals surface area contributed by atoms with Crippen molar-refractivity contribution in [2.24, 2.45) is 0 Å². The topological polar surface area (TPSA) is 103 Å². The molecule has 0 fully saturated rings. The minimum absolute atomic E-state index is 0.262. The van der Waals surface area contributed by atoms with Gasteiger partial charge in [-0.25, -0.2) is 4.98 Å². The van der Waals surface area contributed by atoms with Gasteiger partial charge in [0.15, 0.2) is 11.0 Å². The number of anilines is 1. The summed E-state index contributed by atoms with van der Waals surface area (Å²) >= 11 is 1.39. The van der Waals surface area contributed by atoms with Crippen molar-refractivity contribution >= 4 is 17.6 Å². The Morgan fingerprint density at radius 2 is 1.89 bits per heavy atom. The van der Waals surface area contributed by atoms with Crippen LogP contribution < -0.4 is 10.5 Å². The van der Waals surface area contributed by atoms with Gasteiger partial charge in [-0.15, -0.1) is 0 Å². The number of aromatic nitrogens is 4. The van der Waals surface area contributed by atoms with Crippen molar-refractivity contribution in [2.75, 3.05) is 12.0 Å². The maximum Gasteiger partial charge on any atom is 0.225 e. The first kappa shape index (κ1) is 18.7. The first-order chi connectivity index (χ1) is 12.9. The van der Waals surface area contributed by atoms with Crippen LogP contribution in [0.4, 0.5) is 5.82 Å². The Hall–Kier alpha value is -3.05. The highest BCUT2D eigenvalue weighted by atomic mass is 32.2. The molecule has 27 heavy (non-hydrogen) atoms. The molecule has 138 valence electrons. The van der Waals surface area contributed by atoms with Crippen molar-refractivity contribution in [2.45, 2.75) is 32.3 Å². The van der Waals surface area contributed by atoms with Crippen LogP contribution in [0.5, 0.6) is 11.6 Å². The van der Waals surface area contributed by atoms with Crippen LogP contribution in [0.2, 0.25) is 0 Å². The Balaban J connectivity index is 2.07. The zero-order valence-electron chi connectivity index (χ0n) is 15.6. The first-order valence-corrected chi connectivity index (χ1v) is 9.64. The van der Waals surface area contributed by atoms with E-state index in [0.717, 1.165) is 11.1 Å². The molecule has 1 aromatic carbocycles. The van der Waals surface area contributed by atoms with Crippen LogP contribution in [0.25, 0.3) is 5.82 Å². The van der Waals surface area contributed by atoms with Gasteiger partial charge >= 0.3 is 0 Å². The molecule has 0 amide bonds. The van der Waals surface area contributed by atoms with E-state index in [4.69, 9.17) is 10.5 Å². The monoisotopic (exact) mass is 380 g/mol. The normalized spacial score (nSPS) is 10.6. The molecule has 0 saturated carbocycles. The van der Waals surface area contributed by atoms with Crippen molar-refractivity contribution in [1.82, 2.24) is 19.7 Å². The van der Waals surface area contributed by atoms with Crippen LogP contribution in [0, 0.1) is 25.2 Å². The molecule has 3 rings (SSSR count). The SMILES string of the molecule is CCc1nn(-c2cc(Oc3cc(C)cc(C)c3)nc(SC)n2)c(N)c1C#N. The zero-order chi connectivity index (χ0) is 19.6. The van der Waals surface area contributed by atoms with E-state index in [-0.39, 0.29) is 5.82 Å². The lowest BCUT2D eigenvalue weighted by Gasteiger charge is -2.10. The number of benzene rings is 1. The fraction of sp³-hybridized carbons (Fsp3) is 0.263. The van der Waals surface area contributed by atoms with Crippen molar-refractivity contribution in [3.8, 4) is 23.5 Å². The molecule has 0 spiro atoms. The molecular formula is C19H20N6OS. The van der Waals surface area contributed by atoms with Gasteiger partial charge < -0.3 is 10.5 Å². The molecule has 0 aliphatic carbocycles. The summed E-state index contributed by atoms with van der Waals surface area (Å²) in [6.45, 7) is 5.95. The largest absolute Gasteiger partial charge is 0.439 e. The molecular weight excluding hydrogens is 360 g/mol. The first-order valence-electron chi connectivity index (χ1n) is 8.42. The number of nitriles is 1. The molecule has 8 heteroatoms. The Labute approximate surface area is 162 Å². The number of hydrogen-bond donors (Lipinski definition) is 1. The molecule has 3 aromatic rings. The maximum atomic E-state index is 9.35. The second-order valence-corrected chi connectivity index (χ2v) is 6.83. The Morgan fingerprint density at radius 1 is 1.19 bits per heavy atom. The number of rotatable bonds is 5. The van der Waals surface area contributed by atoms with E-state index in [9.17, 15) is 5.26 Å². The second-order valence-electron chi connectivity index (χ2n) is 6.06. The lowest BCUT2D eigenvalue weighted by atomic mass is 10.1. The summed E-state index contributed by atoms with van der Waals surface area (Å²) in [5.41, 5.74) is 9.34. The highest BCUT2D eigenvalue weighted by Gasteiger charge is 2.18. The van der Waals surface area contributed by atoms with Crippen LogP contribution in [-0.4, -0.2) is 26.0 Å². The summed E-state index contributed by atoms with van der Waals surface area (Å²) in [7, 11) is 0. The maximum absolute atomic E-state index is 9.35. The molecule has 0 radical (unpaired) electrons. The molecule has 0 aliphatic heterocycles. The van der Waals surface area contributed by atoms with E-state index >= 15 is 0 Å². The number of aryl methyl sites for hydroxylation is 3. The van der Waals surface area contributed by atoms with E-state index in [1.54, 1.807) is 6.07 Å². The van der Waals surface area contributed by atoms with Crippen molar-refractivity contribution in [3.63, 3.8) is 0 Å². The van der Waals surface area contributed by atoms with E-state index in [0.29, 0.717) is 40.3 Å². The molecule has 0 saturated heterocycles. The standard InChI is InChI=1S/C19H20N6OS/c1-5-15-14(10-20)18(21)25(24-15)16-9-17(23-19(22-16)27-4)26-13-7-11(2)6-12(3)8-13/h6-9H,5,21H2,1-4H3. The predicted molar refractivity (Wildman–Crippen MR) is 105 cm³/mol. The van der Waals surface area contributed by atoms with Crippen LogP contribution in [-0.2, 0) is 6.42 Å². The highest BCUT2D eigenvalue weighted by Crippen LogP contribution is 2.27. The Bertz CT molecular complexity index is 1020. The van der Waals surface area contributed by atoms with Gasteiger partial charge in [0, 0.05) is 6.07 Å². The van der Waals surface area contributed by atoms with Gasteiger partial charge in [-0.1, -0.05) is 24.8 Å². The highest BCUT2D eigenvalue weighted by molar-refractivity contribution is 7.98. The minimum Gasteiger partial charge on any atom is -0.439 e. The van der Waals surface area contributed by atoms with E-state index in [1.807, 2.05) is 39.2 Å². The smallest absolute Gasteiger partial charge is 0.225 e. The van der Waals surface area contributed by atoms with E-state index < -0.39 is 0 Å². The fourth-order valence-corrected chi connectivity index (χ4v) is 3.15. The summed E-state index contributed by atoms with van der Waals surface area (Å²) in [6.07, 6.45) is 2.48. The lowest BCUT2D eigenvalue weighted by Crippen LogP contribution is -2.07. The third-order valence-corrected chi connectivity index (χ3v) is 4.47. The van der Waals surface area contributed by atoms with Gasteiger partial charge in [0.25, 0.3) is 0 Å². The number of nitrogens with zero attached hydrogens (tertiary/aromatic N) is 5. The van der Waals surface area contributed by atoms with Crippen molar-refractivity contribution in [1.29, 1.82) is 5.26 Å². The Kier molecular flexibility index (Phi) is 5.33. The quantitative estimate of drug-likeness (QED) is 0.530. The Morgan fingerprint density at radius 3 is 2.44 bits per heavy atom. The van der Waals surface area contributed by atoms with Crippen LogP contribution in [0.3, 0.4) is 0 Å². The van der Waals surface area contributed by atoms with Gasteiger partial charge in [0.2, 0.25) is 5.88 Å². The van der Waals surface area contributed by atoms with Crippen molar-refractivity contribution in [3.05, 3.63) is 46.6 Å². The van der Waals surface area contributed by atoms with E-state index in [2.05, 4.69) is 27.2 Å². The molecule has 2 aromatic heterocycles.